The van der Waals surface area contributed by atoms with Crippen LogP contribution in [-0.2, 0) is 10.2 Å². The van der Waals surface area contributed by atoms with Gasteiger partial charge in [-0.1, -0.05) is 12.1 Å². The maximum atomic E-state index is 14.3. The minimum absolute atomic E-state index is 0.0296. The number of ether oxygens (including phenoxy) is 1. The van der Waals surface area contributed by atoms with Crippen LogP contribution in [0.2, 0.25) is 0 Å². The number of hydrogen-bond donors (Lipinski definition) is 3. The number of H-pyrrole nitrogens is 1. The Kier molecular flexibility index (Phi) is 5.88. The molecule has 1 saturated heterocycles. The maximum absolute atomic E-state index is 14.3. The van der Waals surface area contributed by atoms with Gasteiger partial charge in [0, 0.05) is 54.6 Å². The molecule has 2 aromatic carbocycles. The Bertz CT molecular complexity index is 1280. The topological polar surface area (TPSA) is 97.9 Å². The van der Waals surface area contributed by atoms with E-state index in [-0.39, 0.29) is 18.2 Å². The number of carbonyl (C=O) groups is 2. The lowest BCUT2D eigenvalue weighted by Crippen LogP contribution is -2.56. The Morgan fingerprint density at radius 1 is 1.23 bits per heavy atom. The van der Waals surface area contributed by atoms with Crippen molar-refractivity contribution in [2.75, 3.05) is 38.7 Å². The molecule has 2 aliphatic heterocycles. The average molecular weight is 481 g/mol. The number of amides is 3. The second-order valence-electron chi connectivity index (χ2n) is 9.35. The van der Waals surface area contributed by atoms with E-state index in [0.717, 1.165) is 22.2 Å². The Morgan fingerprint density at radius 3 is 2.63 bits per heavy atom. The van der Waals surface area contributed by atoms with E-state index >= 15 is 0 Å². The molecule has 3 heterocycles. The summed E-state index contributed by atoms with van der Waals surface area (Å²) in [6, 6.07) is 10.7. The summed E-state index contributed by atoms with van der Waals surface area (Å²) in [5.74, 6) is 0.203. The standard InChI is InChI=1S/C26H29FN4O4/c1-16(33)30-11-9-26(10-12-30)15-31(25(34)29-20-6-4-3-5-19(20)27)22(14-32)24-23(26)18-8-7-17(35-2)13-21(18)28-24/h3-8,13,22,28,32H,9-12,14-15H2,1-2H3,(H,29,34)/t22-/m0/s1. The lowest BCUT2D eigenvalue weighted by molar-refractivity contribution is -0.130. The quantitative estimate of drug-likeness (QED) is 0.532. The van der Waals surface area contributed by atoms with E-state index in [1.807, 2.05) is 23.1 Å². The second kappa shape index (κ2) is 8.88. The SMILES string of the molecule is COc1ccc2c3c([nH]c2c1)[C@H](CO)N(C(=O)Nc1ccccc1F)CC31CCN(C(C)=O)CC1. The van der Waals surface area contributed by atoms with Gasteiger partial charge in [0.15, 0.2) is 0 Å². The van der Waals surface area contributed by atoms with Crippen molar-refractivity contribution in [2.45, 2.75) is 31.2 Å². The predicted molar refractivity (Wildman–Crippen MR) is 130 cm³/mol. The molecule has 8 nitrogen and oxygen atoms in total. The summed E-state index contributed by atoms with van der Waals surface area (Å²) in [7, 11) is 1.61. The molecule has 3 N–H and O–H groups in total. The number of piperidine rings is 1. The van der Waals surface area contributed by atoms with Crippen LogP contribution in [0.25, 0.3) is 10.9 Å². The van der Waals surface area contributed by atoms with Crippen LogP contribution in [0.4, 0.5) is 14.9 Å². The number of nitrogens with zero attached hydrogens (tertiary/aromatic N) is 2. The Hall–Kier alpha value is -3.59. The van der Waals surface area contributed by atoms with Gasteiger partial charge in [0.2, 0.25) is 5.91 Å². The van der Waals surface area contributed by atoms with Crippen LogP contribution in [0.5, 0.6) is 5.75 Å². The predicted octanol–water partition coefficient (Wildman–Crippen LogP) is 3.78. The number of hydrogen-bond acceptors (Lipinski definition) is 4. The highest BCUT2D eigenvalue weighted by Crippen LogP contribution is 2.49. The molecule has 1 aromatic heterocycles. The minimum atomic E-state index is -0.633. The molecule has 3 aromatic rings. The molecule has 0 saturated carbocycles. The molecule has 184 valence electrons. The van der Waals surface area contributed by atoms with Crippen LogP contribution < -0.4 is 10.1 Å². The van der Waals surface area contributed by atoms with Crippen molar-refractivity contribution in [1.29, 1.82) is 0 Å². The lowest BCUT2D eigenvalue weighted by atomic mass is 9.68. The number of halogens is 1. The van der Waals surface area contributed by atoms with Crippen molar-refractivity contribution >= 4 is 28.5 Å². The summed E-state index contributed by atoms with van der Waals surface area (Å²) in [5.41, 5.74) is 2.36. The largest absolute Gasteiger partial charge is 0.497 e. The van der Waals surface area contributed by atoms with E-state index in [2.05, 4.69) is 10.3 Å². The van der Waals surface area contributed by atoms with Gasteiger partial charge < -0.3 is 29.9 Å². The lowest BCUT2D eigenvalue weighted by Gasteiger charge is -2.50. The molecule has 9 heteroatoms. The molecule has 1 atom stereocenters. The summed E-state index contributed by atoms with van der Waals surface area (Å²) >= 11 is 0. The number of rotatable bonds is 3. The van der Waals surface area contributed by atoms with Gasteiger partial charge in [-0.05, 0) is 42.7 Å². The van der Waals surface area contributed by atoms with Gasteiger partial charge in [-0.3, -0.25) is 4.79 Å². The average Bonchev–Trinajstić information content (AvgIpc) is 3.25. The van der Waals surface area contributed by atoms with Crippen LogP contribution in [-0.4, -0.2) is 65.2 Å². The first-order chi connectivity index (χ1) is 16.9. The summed E-state index contributed by atoms with van der Waals surface area (Å²) < 4.78 is 19.7. The van der Waals surface area contributed by atoms with Gasteiger partial charge >= 0.3 is 6.03 Å². The van der Waals surface area contributed by atoms with Crippen molar-refractivity contribution in [2.24, 2.45) is 0 Å². The number of aromatic nitrogens is 1. The van der Waals surface area contributed by atoms with Crippen molar-refractivity contribution in [3.63, 3.8) is 0 Å². The molecular weight excluding hydrogens is 451 g/mol. The molecule has 3 amide bonds. The summed E-state index contributed by atoms with van der Waals surface area (Å²) in [6.07, 6.45) is 1.33. The summed E-state index contributed by atoms with van der Waals surface area (Å²) in [5, 5.41) is 14.1. The number of benzene rings is 2. The third kappa shape index (κ3) is 3.89. The van der Waals surface area contributed by atoms with Gasteiger partial charge in [0.25, 0.3) is 0 Å². The Labute approximate surface area is 202 Å². The fourth-order valence-electron chi connectivity index (χ4n) is 5.63. The first kappa shape index (κ1) is 23.2. The highest BCUT2D eigenvalue weighted by molar-refractivity contribution is 5.92. The molecule has 1 spiro atoms. The van der Waals surface area contributed by atoms with Crippen molar-refractivity contribution in [3.05, 3.63) is 59.5 Å². The number of methoxy groups -OCH3 is 1. The minimum Gasteiger partial charge on any atom is -0.497 e. The van der Waals surface area contributed by atoms with Gasteiger partial charge in [-0.15, -0.1) is 0 Å². The third-order valence-corrected chi connectivity index (χ3v) is 7.46. The number of carbonyl (C=O) groups excluding carboxylic acids is 2. The maximum Gasteiger partial charge on any atom is 0.322 e. The van der Waals surface area contributed by atoms with Crippen molar-refractivity contribution in [3.8, 4) is 5.75 Å². The zero-order valence-electron chi connectivity index (χ0n) is 19.8. The molecule has 2 aliphatic rings. The summed E-state index contributed by atoms with van der Waals surface area (Å²) in [4.78, 5) is 32.3. The van der Waals surface area contributed by atoms with Gasteiger partial charge in [-0.2, -0.15) is 0 Å². The second-order valence-corrected chi connectivity index (χ2v) is 9.35. The molecular formula is C26H29FN4O4. The van der Waals surface area contributed by atoms with E-state index in [0.29, 0.717) is 38.2 Å². The molecule has 35 heavy (non-hydrogen) atoms. The van der Waals surface area contributed by atoms with E-state index < -0.39 is 23.3 Å². The van der Waals surface area contributed by atoms with E-state index in [1.165, 1.54) is 12.1 Å². The number of anilines is 1. The first-order valence-corrected chi connectivity index (χ1v) is 11.8. The van der Waals surface area contributed by atoms with Gasteiger partial charge in [-0.25, -0.2) is 9.18 Å². The first-order valence-electron chi connectivity index (χ1n) is 11.8. The monoisotopic (exact) mass is 480 g/mol. The van der Waals surface area contributed by atoms with Crippen molar-refractivity contribution in [1.82, 2.24) is 14.8 Å². The highest BCUT2D eigenvalue weighted by Gasteiger charge is 2.49. The Morgan fingerprint density at radius 2 is 1.97 bits per heavy atom. The van der Waals surface area contributed by atoms with Crippen molar-refractivity contribution < 1.29 is 23.8 Å². The summed E-state index contributed by atoms with van der Waals surface area (Å²) in [6.45, 7) is 2.76. The number of aromatic amines is 1. The van der Waals surface area contributed by atoms with Crippen LogP contribution in [0.15, 0.2) is 42.5 Å². The molecule has 0 unspecified atom stereocenters. The fourth-order valence-corrected chi connectivity index (χ4v) is 5.63. The van der Waals surface area contributed by atoms with Gasteiger partial charge in [0.05, 0.1) is 25.4 Å². The number of aliphatic hydroxyl groups is 1. The van der Waals surface area contributed by atoms with E-state index in [1.54, 1.807) is 31.1 Å². The number of likely N-dealkylation sites (tertiary alicyclic amines) is 1. The number of aliphatic hydroxyl groups excluding tert-OH is 1. The van der Waals surface area contributed by atoms with Crippen LogP contribution >= 0.6 is 0 Å². The number of nitrogens with one attached hydrogen (secondary N) is 2. The molecule has 1 fully saturated rings. The molecule has 5 rings (SSSR count). The normalized spacial score (nSPS) is 19.0. The van der Waals surface area contributed by atoms with Crippen LogP contribution in [0.1, 0.15) is 37.1 Å². The number of fused-ring (bicyclic) bond motifs is 4. The highest BCUT2D eigenvalue weighted by atomic mass is 19.1. The zero-order valence-corrected chi connectivity index (χ0v) is 19.8. The zero-order chi connectivity index (χ0) is 24.7. The Balaban J connectivity index is 1.60. The molecule has 0 radical (unpaired) electrons. The molecule has 0 bridgehead atoms. The third-order valence-electron chi connectivity index (χ3n) is 7.46. The van der Waals surface area contributed by atoms with Gasteiger partial charge in [0.1, 0.15) is 11.6 Å². The van der Waals surface area contributed by atoms with Crippen LogP contribution in [0.3, 0.4) is 0 Å². The van der Waals surface area contributed by atoms with Crippen LogP contribution in [0, 0.1) is 5.82 Å². The fraction of sp³-hybridized carbons (Fsp3) is 0.385. The number of urea groups is 1. The smallest absolute Gasteiger partial charge is 0.322 e. The van der Waals surface area contributed by atoms with E-state index in [4.69, 9.17) is 4.74 Å². The number of para-hydroxylation sites is 1. The van der Waals surface area contributed by atoms with E-state index in [9.17, 15) is 19.1 Å². The molecule has 0 aliphatic carbocycles.